The van der Waals surface area contributed by atoms with Gasteiger partial charge in [0, 0.05) is 37.4 Å². The second-order valence-electron chi connectivity index (χ2n) is 7.53. The molecule has 2 fully saturated rings. The van der Waals surface area contributed by atoms with Crippen LogP contribution in [0.25, 0.3) is 0 Å². The molecule has 1 saturated carbocycles. The zero-order chi connectivity index (χ0) is 20.1. The van der Waals surface area contributed by atoms with Crippen LogP contribution in [0.2, 0.25) is 0 Å². The molecule has 10 heteroatoms. The second-order valence-corrected chi connectivity index (χ2v) is 7.53. The van der Waals surface area contributed by atoms with Gasteiger partial charge in [0.1, 0.15) is 5.84 Å². The molecule has 0 bridgehead atoms. The summed E-state index contributed by atoms with van der Waals surface area (Å²) >= 11 is 0. The van der Waals surface area contributed by atoms with E-state index in [4.69, 9.17) is 15.9 Å². The Morgan fingerprint density at radius 1 is 1.10 bits per heavy atom. The number of rotatable bonds is 5. The van der Waals surface area contributed by atoms with E-state index in [0.29, 0.717) is 24.6 Å². The van der Waals surface area contributed by atoms with E-state index in [0.717, 1.165) is 38.5 Å². The maximum Gasteiger partial charge on any atom is 0.308 e. The topological polar surface area (TPSA) is 134 Å². The number of halogens is 1. The summed E-state index contributed by atoms with van der Waals surface area (Å²) in [4.78, 5) is 34.8. The molecule has 0 unspecified atom stereocenters. The number of carbonyl (C=O) groups excluding carboxylic acids is 2. The summed E-state index contributed by atoms with van der Waals surface area (Å²) in [7, 11) is 1.42. The fourth-order valence-corrected chi connectivity index (χ4v) is 3.92. The molecule has 2 heterocycles. The molecule has 9 nitrogen and oxygen atoms in total. The summed E-state index contributed by atoms with van der Waals surface area (Å²) in [5.74, 6) is 0.471. The number of nitrogens with two attached hydrogens (primary N) is 1. The monoisotopic (exact) mass is 424 g/mol. The molecule has 1 aliphatic heterocycles. The number of nitrogens with zero attached hydrogens (tertiary/aromatic N) is 3. The molecule has 0 atom stereocenters. The van der Waals surface area contributed by atoms with E-state index in [-0.39, 0.29) is 48.0 Å². The van der Waals surface area contributed by atoms with Crippen LogP contribution in [0.5, 0.6) is 0 Å². The SMILES string of the molecule is COC(=O)C1CCC(NC(=O)C2CCN(c3ncc(C(=N)N)cn3)CC2)CC1.Cl. The molecular weight excluding hydrogens is 396 g/mol. The first kappa shape index (κ1) is 22.9. The Morgan fingerprint density at radius 3 is 2.21 bits per heavy atom. The number of carbonyl (C=O) groups is 2. The molecule has 1 amide bonds. The van der Waals surface area contributed by atoms with Crippen LogP contribution in [0.1, 0.15) is 44.1 Å². The number of methoxy groups -OCH3 is 1. The van der Waals surface area contributed by atoms with Gasteiger partial charge in [-0.1, -0.05) is 0 Å². The van der Waals surface area contributed by atoms with Crippen LogP contribution in [-0.2, 0) is 14.3 Å². The highest BCUT2D eigenvalue weighted by Crippen LogP contribution is 2.26. The number of hydrogen-bond acceptors (Lipinski definition) is 7. The van der Waals surface area contributed by atoms with Gasteiger partial charge in [-0.3, -0.25) is 15.0 Å². The fourth-order valence-electron chi connectivity index (χ4n) is 3.92. The van der Waals surface area contributed by atoms with E-state index in [9.17, 15) is 9.59 Å². The Labute approximate surface area is 176 Å². The van der Waals surface area contributed by atoms with E-state index in [1.807, 2.05) is 0 Å². The van der Waals surface area contributed by atoms with Gasteiger partial charge in [-0.05, 0) is 38.5 Å². The lowest BCUT2D eigenvalue weighted by Gasteiger charge is -2.33. The third-order valence-electron chi connectivity index (χ3n) is 5.71. The summed E-state index contributed by atoms with van der Waals surface area (Å²) in [5, 5.41) is 10.6. The lowest BCUT2D eigenvalue weighted by atomic mass is 9.85. The molecule has 2 aliphatic rings. The first-order valence-electron chi connectivity index (χ1n) is 9.77. The zero-order valence-corrected chi connectivity index (χ0v) is 17.4. The molecule has 0 radical (unpaired) electrons. The highest BCUT2D eigenvalue weighted by Gasteiger charge is 2.31. The minimum absolute atomic E-state index is 0. The maximum atomic E-state index is 12.6. The molecule has 0 spiro atoms. The summed E-state index contributed by atoms with van der Waals surface area (Å²) in [6.07, 6.45) is 7.78. The van der Waals surface area contributed by atoms with Gasteiger partial charge in [0.15, 0.2) is 0 Å². The van der Waals surface area contributed by atoms with E-state index < -0.39 is 0 Å². The normalized spacial score (nSPS) is 22.3. The summed E-state index contributed by atoms with van der Waals surface area (Å²) in [5.41, 5.74) is 5.92. The zero-order valence-electron chi connectivity index (χ0n) is 16.6. The number of nitrogen functional groups attached to an aromatic ring is 1. The Hall–Kier alpha value is -2.42. The number of ether oxygens (including phenoxy) is 1. The number of anilines is 1. The summed E-state index contributed by atoms with van der Waals surface area (Å²) in [6, 6.07) is 0.147. The van der Waals surface area contributed by atoms with Crippen molar-refractivity contribution >= 4 is 36.1 Å². The molecule has 3 rings (SSSR count). The summed E-state index contributed by atoms with van der Waals surface area (Å²) < 4.78 is 4.81. The maximum absolute atomic E-state index is 12.6. The van der Waals surface area contributed by atoms with Gasteiger partial charge in [-0.15, -0.1) is 12.4 Å². The highest BCUT2D eigenvalue weighted by molar-refractivity contribution is 5.94. The largest absolute Gasteiger partial charge is 0.469 e. The molecule has 1 aromatic heterocycles. The van der Waals surface area contributed by atoms with Gasteiger partial charge < -0.3 is 20.7 Å². The van der Waals surface area contributed by atoms with Crippen molar-refractivity contribution in [2.75, 3.05) is 25.1 Å². The predicted octanol–water partition coefficient (Wildman–Crippen LogP) is 1.25. The van der Waals surface area contributed by atoms with Crippen LogP contribution in [0.3, 0.4) is 0 Å². The minimum Gasteiger partial charge on any atom is -0.469 e. The average Bonchev–Trinajstić information content (AvgIpc) is 2.74. The van der Waals surface area contributed by atoms with E-state index >= 15 is 0 Å². The smallest absolute Gasteiger partial charge is 0.308 e. The van der Waals surface area contributed by atoms with Gasteiger partial charge in [0.2, 0.25) is 11.9 Å². The number of nitrogens with one attached hydrogen (secondary N) is 2. The van der Waals surface area contributed by atoms with Gasteiger partial charge in [-0.2, -0.15) is 0 Å². The van der Waals surface area contributed by atoms with Crippen molar-refractivity contribution in [3.8, 4) is 0 Å². The Kier molecular flexibility index (Phi) is 8.19. The van der Waals surface area contributed by atoms with Crippen LogP contribution in [-0.4, -0.2) is 53.9 Å². The van der Waals surface area contributed by atoms with Gasteiger partial charge in [-0.25, -0.2) is 9.97 Å². The molecule has 1 aromatic rings. The third kappa shape index (κ3) is 5.79. The van der Waals surface area contributed by atoms with E-state index in [2.05, 4.69) is 20.2 Å². The first-order chi connectivity index (χ1) is 13.5. The van der Waals surface area contributed by atoms with Crippen LogP contribution < -0.4 is 16.0 Å². The van der Waals surface area contributed by atoms with Crippen molar-refractivity contribution in [3.63, 3.8) is 0 Å². The number of piperidine rings is 1. The predicted molar refractivity (Wildman–Crippen MR) is 111 cm³/mol. The van der Waals surface area contributed by atoms with Crippen LogP contribution in [0, 0.1) is 17.2 Å². The van der Waals surface area contributed by atoms with Crippen molar-refractivity contribution in [1.29, 1.82) is 5.41 Å². The van der Waals surface area contributed by atoms with Gasteiger partial charge in [0.25, 0.3) is 0 Å². The number of esters is 1. The van der Waals surface area contributed by atoms with Gasteiger partial charge in [0.05, 0.1) is 18.6 Å². The highest BCUT2D eigenvalue weighted by atomic mass is 35.5. The molecule has 0 aromatic carbocycles. The molecule has 29 heavy (non-hydrogen) atoms. The van der Waals surface area contributed by atoms with Crippen molar-refractivity contribution in [3.05, 3.63) is 18.0 Å². The second kappa shape index (κ2) is 10.4. The van der Waals surface area contributed by atoms with Crippen molar-refractivity contribution in [2.24, 2.45) is 17.6 Å². The Bertz CT molecular complexity index is 713. The third-order valence-corrected chi connectivity index (χ3v) is 5.71. The molecule has 1 saturated heterocycles. The molecule has 4 N–H and O–H groups in total. The van der Waals surface area contributed by atoms with Crippen LogP contribution >= 0.6 is 12.4 Å². The summed E-state index contributed by atoms with van der Waals surface area (Å²) in [6.45, 7) is 1.43. The van der Waals surface area contributed by atoms with Gasteiger partial charge >= 0.3 is 5.97 Å². The minimum atomic E-state index is -0.143. The van der Waals surface area contributed by atoms with Crippen LogP contribution in [0.15, 0.2) is 12.4 Å². The first-order valence-corrected chi connectivity index (χ1v) is 9.77. The quantitative estimate of drug-likeness (QED) is 0.367. The Morgan fingerprint density at radius 2 is 1.69 bits per heavy atom. The average molecular weight is 425 g/mol. The standard InChI is InChI=1S/C19H28N6O3.ClH/c1-28-18(27)13-2-4-15(5-3-13)24-17(26)12-6-8-25(9-7-12)19-22-10-14(11-23-19)16(20)21;/h10-13,15H,2-9H2,1H3,(H3,20,21)(H,24,26);1H. The lowest BCUT2D eigenvalue weighted by Crippen LogP contribution is -2.45. The molecular formula is C19H29ClN6O3. The van der Waals surface area contributed by atoms with Crippen LogP contribution in [0.4, 0.5) is 5.95 Å². The molecule has 1 aliphatic carbocycles. The number of amides is 1. The van der Waals surface area contributed by atoms with Crippen molar-refractivity contribution in [2.45, 2.75) is 44.6 Å². The number of amidine groups is 1. The lowest BCUT2D eigenvalue weighted by molar-refractivity contribution is -0.146. The number of aromatic nitrogens is 2. The Balaban J connectivity index is 0.00000300. The number of hydrogen-bond donors (Lipinski definition) is 3. The fraction of sp³-hybridized carbons (Fsp3) is 0.632. The molecule has 160 valence electrons. The van der Waals surface area contributed by atoms with E-state index in [1.54, 1.807) is 12.4 Å². The van der Waals surface area contributed by atoms with Crippen molar-refractivity contribution in [1.82, 2.24) is 15.3 Å². The van der Waals surface area contributed by atoms with E-state index in [1.165, 1.54) is 7.11 Å². The van der Waals surface area contributed by atoms with Crippen molar-refractivity contribution < 1.29 is 14.3 Å².